The van der Waals surface area contributed by atoms with Crippen molar-refractivity contribution in [2.24, 2.45) is 0 Å². The average Bonchev–Trinajstić information content (AvgIpc) is 2.53. The Morgan fingerprint density at radius 1 is 1.16 bits per heavy atom. The van der Waals surface area contributed by atoms with Crippen molar-refractivity contribution < 1.29 is 32.4 Å². The number of carbonyl (C=O) groups excluding carboxylic acids is 1. The number of rotatable bonds is 5. The van der Waals surface area contributed by atoms with Gasteiger partial charge in [-0.05, 0) is 42.3 Å². The number of halogens is 3. The first-order valence-electron chi connectivity index (χ1n) is 7.03. The lowest BCUT2D eigenvalue weighted by Crippen LogP contribution is -2.17. The molecule has 2 rings (SSSR count). The highest BCUT2D eigenvalue weighted by molar-refractivity contribution is 5.95. The SMILES string of the molecule is CCOC(=O)c1cc(-c2cccc(OC(F)(F)F)c2)ccc1[N+](=O)[O-]. The molecule has 0 spiro atoms. The Morgan fingerprint density at radius 3 is 2.44 bits per heavy atom. The van der Waals surface area contributed by atoms with Gasteiger partial charge in [0.05, 0.1) is 11.5 Å². The highest BCUT2D eigenvalue weighted by atomic mass is 19.4. The van der Waals surface area contributed by atoms with Gasteiger partial charge in [0.2, 0.25) is 0 Å². The lowest BCUT2D eigenvalue weighted by molar-refractivity contribution is -0.385. The van der Waals surface area contributed by atoms with Gasteiger partial charge in [0, 0.05) is 6.07 Å². The first kappa shape index (κ1) is 18.2. The van der Waals surface area contributed by atoms with Crippen LogP contribution in [-0.4, -0.2) is 23.9 Å². The van der Waals surface area contributed by atoms with E-state index in [0.29, 0.717) is 11.1 Å². The van der Waals surface area contributed by atoms with E-state index < -0.39 is 28.7 Å². The van der Waals surface area contributed by atoms with Gasteiger partial charge in [-0.1, -0.05) is 12.1 Å². The molecule has 25 heavy (non-hydrogen) atoms. The summed E-state index contributed by atoms with van der Waals surface area (Å²) in [5.74, 6) is -1.33. The quantitative estimate of drug-likeness (QED) is 0.453. The number of hydrogen-bond acceptors (Lipinski definition) is 5. The third kappa shape index (κ3) is 4.69. The fraction of sp³-hybridized carbons (Fsp3) is 0.188. The lowest BCUT2D eigenvalue weighted by Gasteiger charge is -2.11. The average molecular weight is 355 g/mol. The van der Waals surface area contributed by atoms with Gasteiger partial charge in [-0.3, -0.25) is 10.1 Å². The van der Waals surface area contributed by atoms with Crippen LogP contribution in [0.1, 0.15) is 17.3 Å². The monoisotopic (exact) mass is 355 g/mol. The highest BCUT2D eigenvalue weighted by Crippen LogP contribution is 2.31. The molecule has 0 bridgehead atoms. The second-order valence-corrected chi connectivity index (χ2v) is 4.79. The summed E-state index contributed by atoms with van der Waals surface area (Å²) in [6.07, 6.45) is -4.84. The summed E-state index contributed by atoms with van der Waals surface area (Å²) in [6.45, 7) is 1.57. The van der Waals surface area contributed by atoms with E-state index >= 15 is 0 Å². The number of alkyl halides is 3. The topological polar surface area (TPSA) is 78.7 Å². The van der Waals surface area contributed by atoms with E-state index in [1.807, 2.05) is 0 Å². The number of ether oxygens (including phenoxy) is 2. The molecule has 0 aromatic heterocycles. The number of nitro groups is 1. The molecule has 132 valence electrons. The van der Waals surface area contributed by atoms with E-state index in [-0.39, 0.29) is 12.2 Å². The summed E-state index contributed by atoms with van der Waals surface area (Å²) >= 11 is 0. The molecule has 0 N–H and O–H groups in total. The Balaban J connectivity index is 2.46. The molecule has 0 aliphatic heterocycles. The molecule has 0 atom stereocenters. The van der Waals surface area contributed by atoms with E-state index in [0.717, 1.165) is 18.2 Å². The minimum Gasteiger partial charge on any atom is -0.462 e. The molecular formula is C16H12F3NO5. The van der Waals surface area contributed by atoms with E-state index in [9.17, 15) is 28.1 Å². The Hall–Kier alpha value is -3.10. The molecule has 0 saturated carbocycles. The van der Waals surface area contributed by atoms with Crippen LogP contribution in [0.25, 0.3) is 11.1 Å². The van der Waals surface area contributed by atoms with Crippen LogP contribution < -0.4 is 4.74 Å². The molecule has 2 aromatic carbocycles. The largest absolute Gasteiger partial charge is 0.573 e. The van der Waals surface area contributed by atoms with Crippen molar-refractivity contribution >= 4 is 11.7 Å². The second-order valence-electron chi connectivity index (χ2n) is 4.79. The van der Waals surface area contributed by atoms with Gasteiger partial charge in [-0.2, -0.15) is 0 Å². The lowest BCUT2D eigenvalue weighted by atomic mass is 10.0. The fourth-order valence-electron chi connectivity index (χ4n) is 2.12. The number of nitro benzene ring substituents is 1. The molecule has 0 aliphatic rings. The maximum atomic E-state index is 12.3. The minimum absolute atomic E-state index is 0.0229. The molecule has 0 fully saturated rings. The predicted molar refractivity (Wildman–Crippen MR) is 81.2 cm³/mol. The molecule has 0 heterocycles. The zero-order valence-corrected chi connectivity index (χ0v) is 12.9. The van der Waals surface area contributed by atoms with E-state index in [4.69, 9.17) is 4.74 Å². The van der Waals surface area contributed by atoms with Crippen LogP contribution in [0.4, 0.5) is 18.9 Å². The van der Waals surface area contributed by atoms with E-state index in [1.54, 1.807) is 6.92 Å². The Morgan fingerprint density at radius 2 is 1.84 bits per heavy atom. The highest BCUT2D eigenvalue weighted by Gasteiger charge is 2.31. The zero-order chi connectivity index (χ0) is 18.6. The molecule has 0 amide bonds. The third-order valence-corrected chi connectivity index (χ3v) is 3.09. The van der Waals surface area contributed by atoms with Crippen molar-refractivity contribution in [2.45, 2.75) is 13.3 Å². The summed E-state index contributed by atoms with van der Waals surface area (Å²) < 4.78 is 45.6. The normalized spacial score (nSPS) is 11.0. The maximum absolute atomic E-state index is 12.3. The van der Waals surface area contributed by atoms with Crippen molar-refractivity contribution in [3.63, 3.8) is 0 Å². The van der Waals surface area contributed by atoms with E-state index in [2.05, 4.69) is 4.74 Å². The number of hydrogen-bond donors (Lipinski definition) is 0. The number of esters is 1. The van der Waals surface area contributed by atoms with Gasteiger partial charge in [0.15, 0.2) is 0 Å². The van der Waals surface area contributed by atoms with Gasteiger partial charge >= 0.3 is 12.3 Å². The Bertz CT molecular complexity index is 805. The van der Waals surface area contributed by atoms with Crippen molar-refractivity contribution in [2.75, 3.05) is 6.61 Å². The van der Waals surface area contributed by atoms with Crippen LogP contribution in [0.5, 0.6) is 5.75 Å². The van der Waals surface area contributed by atoms with Crippen molar-refractivity contribution in [3.05, 3.63) is 58.1 Å². The number of nitrogens with zero attached hydrogens (tertiary/aromatic N) is 1. The second kappa shape index (κ2) is 7.20. The smallest absolute Gasteiger partial charge is 0.462 e. The number of benzene rings is 2. The summed E-state index contributed by atoms with van der Waals surface area (Å²) in [5, 5.41) is 11.0. The Kier molecular flexibility index (Phi) is 5.26. The van der Waals surface area contributed by atoms with Crippen LogP contribution in [0.15, 0.2) is 42.5 Å². The minimum atomic E-state index is -4.84. The van der Waals surface area contributed by atoms with Gasteiger partial charge in [0.1, 0.15) is 11.3 Å². The number of carbonyl (C=O) groups is 1. The van der Waals surface area contributed by atoms with Crippen LogP contribution >= 0.6 is 0 Å². The first-order valence-corrected chi connectivity index (χ1v) is 7.03. The summed E-state index contributed by atoms with van der Waals surface area (Å²) in [6, 6.07) is 8.68. The van der Waals surface area contributed by atoms with Gasteiger partial charge in [-0.25, -0.2) is 4.79 Å². The summed E-state index contributed by atoms with van der Waals surface area (Å²) in [7, 11) is 0. The van der Waals surface area contributed by atoms with Gasteiger partial charge < -0.3 is 9.47 Å². The summed E-state index contributed by atoms with van der Waals surface area (Å²) in [4.78, 5) is 22.2. The molecule has 0 radical (unpaired) electrons. The third-order valence-electron chi connectivity index (χ3n) is 3.09. The fourth-order valence-corrected chi connectivity index (χ4v) is 2.12. The van der Waals surface area contributed by atoms with Gasteiger partial charge in [0.25, 0.3) is 5.69 Å². The first-order chi connectivity index (χ1) is 11.7. The Labute approximate surface area is 139 Å². The summed E-state index contributed by atoms with van der Waals surface area (Å²) in [5.41, 5.74) is -0.139. The van der Waals surface area contributed by atoms with Crippen molar-refractivity contribution in [3.8, 4) is 16.9 Å². The standard InChI is InChI=1S/C16H12F3NO5/c1-2-24-15(21)13-9-11(6-7-14(13)20(22)23)10-4-3-5-12(8-10)25-16(17,18)19/h3-9H,2H2,1H3. The van der Waals surface area contributed by atoms with Crippen molar-refractivity contribution in [1.82, 2.24) is 0 Å². The van der Waals surface area contributed by atoms with Crippen LogP contribution in [-0.2, 0) is 4.74 Å². The molecule has 0 aliphatic carbocycles. The maximum Gasteiger partial charge on any atom is 0.573 e. The van der Waals surface area contributed by atoms with Crippen LogP contribution in [0.2, 0.25) is 0 Å². The molecule has 9 heteroatoms. The van der Waals surface area contributed by atoms with Gasteiger partial charge in [-0.15, -0.1) is 13.2 Å². The van der Waals surface area contributed by atoms with Crippen molar-refractivity contribution in [1.29, 1.82) is 0 Å². The molecular weight excluding hydrogens is 343 g/mol. The van der Waals surface area contributed by atoms with E-state index in [1.165, 1.54) is 24.3 Å². The molecule has 0 saturated heterocycles. The zero-order valence-electron chi connectivity index (χ0n) is 12.9. The van der Waals surface area contributed by atoms with Crippen LogP contribution in [0, 0.1) is 10.1 Å². The molecule has 2 aromatic rings. The molecule has 0 unspecified atom stereocenters. The molecule has 6 nitrogen and oxygen atoms in total. The predicted octanol–water partition coefficient (Wildman–Crippen LogP) is 4.34. The van der Waals surface area contributed by atoms with Crippen LogP contribution in [0.3, 0.4) is 0 Å².